The van der Waals surface area contributed by atoms with E-state index in [-0.39, 0.29) is 11.5 Å². The van der Waals surface area contributed by atoms with Gasteiger partial charge in [0.2, 0.25) is 0 Å². The molecule has 0 spiro atoms. The van der Waals surface area contributed by atoms with Crippen LogP contribution in [0.25, 0.3) is 10.1 Å². The first-order valence-corrected chi connectivity index (χ1v) is 6.54. The van der Waals surface area contributed by atoms with Crippen LogP contribution in [-0.4, -0.2) is 15.0 Å². The normalized spacial score (nSPS) is 13.1. The van der Waals surface area contributed by atoms with Gasteiger partial charge in [0.1, 0.15) is 6.04 Å². The highest BCUT2D eigenvalue weighted by Crippen LogP contribution is 2.26. The number of carboxylic acid groups (broad SMARTS) is 1. The molecule has 2 rings (SSSR count). The summed E-state index contributed by atoms with van der Waals surface area (Å²) >= 11 is 1.24. The van der Waals surface area contributed by atoms with Crippen molar-refractivity contribution in [3.05, 3.63) is 34.1 Å². The second-order valence-corrected chi connectivity index (χ2v) is 5.69. The summed E-state index contributed by atoms with van der Waals surface area (Å²) in [5, 5.41) is 9.87. The van der Waals surface area contributed by atoms with Crippen molar-refractivity contribution in [1.29, 1.82) is 0 Å². The van der Waals surface area contributed by atoms with E-state index in [1.54, 1.807) is 6.07 Å². The minimum Gasteiger partial charge on any atom is -0.480 e. The lowest BCUT2D eigenvalue weighted by atomic mass is 10.1. The number of aromatic nitrogens is 1. The van der Waals surface area contributed by atoms with Gasteiger partial charge in [0.15, 0.2) is 0 Å². The van der Waals surface area contributed by atoms with E-state index in [4.69, 9.17) is 0 Å². The molecule has 1 N–H and O–H groups in total. The Labute approximate surface area is 109 Å². The molecule has 5 heteroatoms. The minimum atomic E-state index is -0.962. The topological polar surface area (TPSA) is 59.3 Å². The summed E-state index contributed by atoms with van der Waals surface area (Å²) < 4.78 is 2.25. The van der Waals surface area contributed by atoms with E-state index < -0.39 is 12.0 Å². The maximum atomic E-state index is 12.2. The fraction of sp³-hybridized carbons (Fsp3) is 0.385. The number of nitrogens with zero attached hydrogens (tertiary/aromatic N) is 1. The van der Waals surface area contributed by atoms with Gasteiger partial charge in [-0.2, -0.15) is 0 Å². The quantitative estimate of drug-likeness (QED) is 0.928. The van der Waals surface area contributed by atoms with Gasteiger partial charge >= 0.3 is 5.97 Å². The predicted molar refractivity (Wildman–Crippen MR) is 72.3 cm³/mol. The molecule has 0 bridgehead atoms. The summed E-state index contributed by atoms with van der Waals surface area (Å²) in [6.07, 6.45) is 0. The standard InChI is InChI=1S/C13H15NO3S/c1-7(2)10(13(16)17)14-12(15)9-6-4-5-8(3)11(9)18-14/h4-7,10H,1-3H3,(H,16,17). The lowest BCUT2D eigenvalue weighted by molar-refractivity contribution is -0.142. The van der Waals surface area contributed by atoms with Crippen LogP contribution in [0.15, 0.2) is 23.0 Å². The van der Waals surface area contributed by atoms with Crippen molar-refractivity contribution in [3.8, 4) is 0 Å². The average molecular weight is 265 g/mol. The van der Waals surface area contributed by atoms with Gasteiger partial charge in [-0.1, -0.05) is 37.5 Å². The zero-order chi connectivity index (χ0) is 13.4. The van der Waals surface area contributed by atoms with Gasteiger partial charge in [-0.3, -0.25) is 4.79 Å². The molecule has 0 amide bonds. The highest BCUT2D eigenvalue weighted by atomic mass is 32.1. The summed E-state index contributed by atoms with van der Waals surface area (Å²) in [7, 11) is 0. The van der Waals surface area contributed by atoms with E-state index in [1.807, 2.05) is 32.9 Å². The fourth-order valence-electron chi connectivity index (χ4n) is 2.04. The molecule has 0 saturated carbocycles. The molecule has 0 aliphatic heterocycles. The summed E-state index contributed by atoms with van der Waals surface area (Å²) in [5.74, 6) is -1.09. The molecule has 0 saturated heterocycles. The summed E-state index contributed by atoms with van der Waals surface area (Å²) in [5.41, 5.74) is 0.793. The van der Waals surface area contributed by atoms with E-state index in [2.05, 4.69) is 0 Å². The van der Waals surface area contributed by atoms with Crippen LogP contribution in [0.3, 0.4) is 0 Å². The average Bonchev–Trinajstić information content (AvgIpc) is 2.58. The Balaban J connectivity index is 2.72. The minimum absolute atomic E-state index is 0.131. The number of carboxylic acids is 1. The number of benzene rings is 1. The smallest absolute Gasteiger partial charge is 0.328 e. The van der Waals surface area contributed by atoms with Crippen LogP contribution in [0.5, 0.6) is 0 Å². The van der Waals surface area contributed by atoms with Gasteiger partial charge in [0.05, 0.1) is 10.1 Å². The van der Waals surface area contributed by atoms with Crippen LogP contribution < -0.4 is 5.56 Å². The number of rotatable bonds is 3. The molecular formula is C13H15NO3S. The molecular weight excluding hydrogens is 250 g/mol. The second-order valence-electron chi connectivity index (χ2n) is 4.70. The molecule has 4 nitrogen and oxygen atoms in total. The van der Waals surface area contributed by atoms with Gasteiger partial charge < -0.3 is 5.11 Å². The molecule has 0 aliphatic carbocycles. The molecule has 1 atom stereocenters. The van der Waals surface area contributed by atoms with Gasteiger partial charge in [-0.15, -0.1) is 0 Å². The first-order valence-electron chi connectivity index (χ1n) is 5.77. The SMILES string of the molecule is Cc1cccc2c(=O)n(C(C(=O)O)C(C)C)sc12. The molecule has 1 unspecified atom stereocenters. The van der Waals surface area contributed by atoms with Crippen molar-refractivity contribution >= 4 is 27.6 Å². The molecule has 0 aliphatic rings. The first kappa shape index (κ1) is 12.8. The van der Waals surface area contributed by atoms with E-state index in [9.17, 15) is 14.7 Å². The maximum Gasteiger partial charge on any atom is 0.328 e. The van der Waals surface area contributed by atoms with E-state index >= 15 is 0 Å². The number of fused-ring (bicyclic) bond motifs is 1. The van der Waals surface area contributed by atoms with Crippen LogP contribution in [0.1, 0.15) is 25.5 Å². The van der Waals surface area contributed by atoms with Gasteiger partial charge in [0, 0.05) is 0 Å². The molecule has 0 radical (unpaired) electrons. The number of hydrogen-bond acceptors (Lipinski definition) is 3. The van der Waals surface area contributed by atoms with Crippen molar-refractivity contribution < 1.29 is 9.90 Å². The van der Waals surface area contributed by atoms with Crippen molar-refractivity contribution in [3.63, 3.8) is 0 Å². The van der Waals surface area contributed by atoms with Crippen molar-refractivity contribution in [2.75, 3.05) is 0 Å². The maximum absolute atomic E-state index is 12.2. The van der Waals surface area contributed by atoms with E-state index in [0.29, 0.717) is 5.39 Å². The Morgan fingerprint density at radius 1 is 1.39 bits per heavy atom. The summed E-state index contributed by atoms with van der Waals surface area (Å²) in [6.45, 7) is 5.54. The molecule has 1 aromatic carbocycles. The zero-order valence-corrected chi connectivity index (χ0v) is 11.3. The van der Waals surface area contributed by atoms with Crippen LogP contribution in [0, 0.1) is 12.8 Å². The highest BCUT2D eigenvalue weighted by molar-refractivity contribution is 7.14. The largest absolute Gasteiger partial charge is 0.480 e. The second kappa shape index (κ2) is 4.57. The van der Waals surface area contributed by atoms with Crippen molar-refractivity contribution in [1.82, 2.24) is 3.96 Å². The molecule has 1 aromatic heterocycles. The van der Waals surface area contributed by atoms with Crippen LogP contribution in [0.2, 0.25) is 0 Å². The number of aliphatic carboxylic acids is 1. The third-order valence-electron chi connectivity index (χ3n) is 2.97. The zero-order valence-electron chi connectivity index (χ0n) is 10.5. The van der Waals surface area contributed by atoms with Gasteiger partial charge in [0.25, 0.3) is 5.56 Å². The lowest BCUT2D eigenvalue weighted by Crippen LogP contribution is -2.29. The highest BCUT2D eigenvalue weighted by Gasteiger charge is 2.27. The molecule has 18 heavy (non-hydrogen) atoms. The molecule has 2 aromatic rings. The number of hydrogen-bond donors (Lipinski definition) is 1. The first-order chi connectivity index (χ1) is 8.43. The van der Waals surface area contributed by atoms with Crippen LogP contribution in [0.4, 0.5) is 0 Å². The third kappa shape index (κ3) is 1.95. The fourth-order valence-corrected chi connectivity index (χ4v) is 3.33. The molecule has 96 valence electrons. The Kier molecular flexibility index (Phi) is 3.26. The van der Waals surface area contributed by atoms with Crippen LogP contribution >= 0.6 is 11.5 Å². The third-order valence-corrected chi connectivity index (χ3v) is 4.28. The van der Waals surface area contributed by atoms with Gasteiger partial charge in [-0.25, -0.2) is 8.75 Å². The Bertz CT molecular complexity index is 654. The number of aryl methyl sites for hydroxylation is 1. The lowest BCUT2D eigenvalue weighted by Gasteiger charge is -2.15. The van der Waals surface area contributed by atoms with Gasteiger partial charge in [-0.05, 0) is 24.5 Å². The molecule has 0 fully saturated rings. The predicted octanol–water partition coefficient (Wildman–Crippen LogP) is 2.65. The van der Waals surface area contributed by atoms with Crippen molar-refractivity contribution in [2.24, 2.45) is 5.92 Å². The Hall–Kier alpha value is -1.62. The van der Waals surface area contributed by atoms with E-state index in [0.717, 1.165) is 10.3 Å². The monoisotopic (exact) mass is 265 g/mol. The Morgan fingerprint density at radius 3 is 2.56 bits per heavy atom. The van der Waals surface area contributed by atoms with E-state index in [1.165, 1.54) is 15.5 Å². The van der Waals surface area contributed by atoms with Crippen molar-refractivity contribution in [2.45, 2.75) is 26.8 Å². The Morgan fingerprint density at radius 2 is 2.06 bits per heavy atom. The van der Waals surface area contributed by atoms with Crippen LogP contribution in [-0.2, 0) is 4.79 Å². The summed E-state index contributed by atoms with van der Waals surface area (Å²) in [6, 6.07) is 4.70. The number of carbonyl (C=O) groups is 1. The summed E-state index contributed by atoms with van der Waals surface area (Å²) in [4.78, 5) is 23.5. The molecule has 1 heterocycles.